The lowest BCUT2D eigenvalue weighted by molar-refractivity contribution is -0.0512. The highest BCUT2D eigenvalue weighted by molar-refractivity contribution is 6.04. The average Bonchev–Trinajstić information content (AvgIpc) is 2.67. The van der Waals surface area contributed by atoms with Gasteiger partial charge in [-0.05, 0) is 56.3 Å². The van der Waals surface area contributed by atoms with Crippen LogP contribution in [0.15, 0.2) is 42.5 Å². The van der Waals surface area contributed by atoms with Crippen molar-refractivity contribution in [2.75, 3.05) is 30.4 Å². The van der Waals surface area contributed by atoms with Crippen LogP contribution in [-0.2, 0) is 4.74 Å². The molecule has 2 aromatic carbocycles. The first-order valence-corrected chi connectivity index (χ1v) is 9.30. The van der Waals surface area contributed by atoms with E-state index in [-0.39, 0.29) is 29.3 Å². The lowest BCUT2D eigenvalue weighted by atomic mass is 10.1. The molecule has 2 unspecified atom stereocenters. The Kier molecular flexibility index (Phi) is 6.53. The number of nitrogens with one attached hydrogen (secondary N) is 1. The zero-order valence-corrected chi connectivity index (χ0v) is 16.5. The van der Waals surface area contributed by atoms with Crippen molar-refractivity contribution in [3.8, 4) is 11.5 Å². The summed E-state index contributed by atoms with van der Waals surface area (Å²) >= 11 is 0. The smallest absolute Gasteiger partial charge is 0.387 e. The molecule has 6 nitrogen and oxygen atoms in total. The predicted molar refractivity (Wildman–Crippen MR) is 106 cm³/mol. The van der Waals surface area contributed by atoms with E-state index < -0.39 is 12.5 Å². The van der Waals surface area contributed by atoms with Crippen LogP contribution in [-0.4, -0.2) is 44.9 Å². The monoisotopic (exact) mass is 406 g/mol. The van der Waals surface area contributed by atoms with Gasteiger partial charge in [-0.3, -0.25) is 4.79 Å². The lowest BCUT2D eigenvalue weighted by Crippen LogP contribution is -2.45. The van der Waals surface area contributed by atoms with Crippen LogP contribution >= 0.6 is 0 Å². The summed E-state index contributed by atoms with van der Waals surface area (Å²) in [5, 5.41) is 2.76. The normalized spacial score (nSPS) is 19.2. The molecule has 0 radical (unpaired) electrons. The van der Waals surface area contributed by atoms with Gasteiger partial charge >= 0.3 is 6.61 Å². The Morgan fingerprint density at radius 3 is 2.34 bits per heavy atom. The highest BCUT2D eigenvalue weighted by Crippen LogP contribution is 2.30. The third-order valence-electron chi connectivity index (χ3n) is 4.55. The SMILES string of the molecule is COc1ccc(C(=O)Nc2ccc(N3CC(C)OC(C)C3)cc2)cc1OC(F)F. The third-order valence-corrected chi connectivity index (χ3v) is 4.55. The lowest BCUT2D eigenvalue weighted by Gasteiger charge is -2.36. The van der Waals surface area contributed by atoms with Crippen LogP contribution < -0.4 is 19.7 Å². The molecular weight excluding hydrogens is 382 g/mol. The van der Waals surface area contributed by atoms with Crippen LogP contribution in [0.25, 0.3) is 0 Å². The minimum Gasteiger partial charge on any atom is -0.493 e. The van der Waals surface area contributed by atoms with Gasteiger partial charge in [0.2, 0.25) is 0 Å². The number of anilines is 2. The maximum atomic E-state index is 12.6. The summed E-state index contributed by atoms with van der Waals surface area (Å²) in [5.41, 5.74) is 1.82. The molecule has 1 saturated heterocycles. The summed E-state index contributed by atoms with van der Waals surface area (Å²) in [6.45, 7) is 2.67. The molecule has 1 aliphatic heterocycles. The van der Waals surface area contributed by atoms with E-state index in [1.54, 1.807) is 12.1 Å². The number of hydrogen-bond acceptors (Lipinski definition) is 5. The quantitative estimate of drug-likeness (QED) is 0.781. The summed E-state index contributed by atoms with van der Waals surface area (Å²) in [6.07, 6.45) is 0.302. The van der Waals surface area contributed by atoms with E-state index in [0.717, 1.165) is 18.8 Å². The van der Waals surface area contributed by atoms with Gasteiger partial charge in [0, 0.05) is 30.0 Å². The van der Waals surface area contributed by atoms with Gasteiger partial charge in [0.15, 0.2) is 11.5 Å². The van der Waals surface area contributed by atoms with E-state index in [0.29, 0.717) is 5.69 Å². The van der Waals surface area contributed by atoms with E-state index in [1.807, 2.05) is 26.0 Å². The molecule has 1 heterocycles. The molecule has 8 heteroatoms. The minimum absolute atomic E-state index is 0.125. The van der Waals surface area contributed by atoms with Crippen molar-refractivity contribution in [2.45, 2.75) is 32.7 Å². The average molecular weight is 406 g/mol. The van der Waals surface area contributed by atoms with Crippen LogP contribution in [0, 0.1) is 0 Å². The Hall–Kier alpha value is -2.87. The largest absolute Gasteiger partial charge is 0.493 e. The van der Waals surface area contributed by atoms with E-state index in [1.165, 1.54) is 25.3 Å². The number of carbonyl (C=O) groups is 1. The number of hydrogen-bond donors (Lipinski definition) is 1. The van der Waals surface area contributed by atoms with Crippen molar-refractivity contribution in [3.63, 3.8) is 0 Å². The highest BCUT2D eigenvalue weighted by Gasteiger charge is 2.22. The number of amides is 1. The molecule has 1 N–H and O–H groups in total. The molecule has 0 bridgehead atoms. The van der Waals surface area contributed by atoms with E-state index in [4.69, 9.17) is 9.47 Å². The summed E-state index contributed by atoms with van der Waals surface area (Å²) in [5.74, 6) is -0.505. The number of alkyl halides is 2. The Bertz CT molecular complexity index is 835. The third kappa shape index (κ3) is 5.35. The number of methoxy groups -OCH3 is 1. The molecule has 0 aliphatic carbocycles. The standard InChI is InChI=1S/C21H24F2N2O4/c1-13-11-25(12-14(2)28-13)17-7-5-16(6-8-17)24-20(26)15-4-9-18(27-3)19(10-15)29-21(22)23/h4-10,13-14,21H,11-12H2,1-3H3,(H,24,26). The molecule has 3 rings (SSSR count). The Labute approximate surface area is 168 Å². The molecule has 0 saturated carbocycles. The topological polar surface area (TPSA) is 60.0 Å². The first kappa shape index (κ1) is 20.9. The molecule has 1 aliphatic rings. The fraction of sp³-hybridized carbons (Fsp3) is 0.381. The molecule has 1 amide bonds. The Morgan fingerprint density at radius 1 is 1.10 bits per heavy atom. The first-order valence-electron chi connectivity index (χ1n) is 9.30. The van der Waals surface area contributed by atoms with Gasteiger partial charge in [-0.2, -0.15) is 8.78 Å². The minimum atomic E-state index is -3.01. The second kappa shape index (κ2) is 9.09. The second-order valence-corrected chi connectivity index (χ2v) is 6.91. The number of ether oxygens (including phenoxy) is 3. The molecule has 156 valence electrons. The molecule has 1 fully saturated rings. The van der Waals surface area contributed by atoms with Crippen molar-refractivity contribution in [3.05, 3.63) is 48.0 Å². The predicted octanol–water partition coefficient (Wildman–Crippen LogP) is 4.16. The van der Waals surface area contributed by atoms with Crippen molar-refractivity contribution < 1.29 is 27.8 Å². The van der Waals surface area contributed by atoms with Crippen LogP contribution in [0.5, 0.6) is 11.5 Å². The van der Waals surface area contributed by atoms with Gasteiger partial charge in [0.1, 0.15) is 0 Å². The number of carbonyl (C=O) groups excluding carboxylic acids is 1. The second-order valence-electron chi connectivity index (χ2n) is 6.91. The summed E-state index contributed by atoms with van der Waals surface area (Å²) in [7, 11) is 1.34. The summed E-state index contributed by atoms with van der Waals surface area (Å²) in [4.78, 5) is 14.7. The van der Waals surface area contributed by atoms with Gasteiger partial charge in [0.25, 0.3) is 5.91 Å². The fourth-order valence-electron chi connectivity index (χ4n) is 3.35. The van der Waals surface area contributed by atoms with Crippen molar-refractivity contribution in [1.29, 1.82) is 0 Å². The number of nitrogens with zero attached hydrogens (tertiary/aromatic N) is 1. The highest BCUT2D eigenvalue weighted by atomic mass is 19.3. The number of morpholine rings is 1. The maximum Gasteiger partial charge on any atom is 0.387 e. The zero-order chi connectivity index (χ0) is 21.0. The van der Waals surface area contributed by atoms with Crippen molar-refractivity contribution >= 4 is 17.3 Å². The zero-order valence-electron chi connectivity index (χ0n) is 16.5. The summed E-state index contributed by atoms with van der Waals surface area (Å²) in [6, 6.07) is 11.6. The molecule has 2 atom stereocenters. The van der Waals surface area contributed by atoms with Crippen LogP contribution in [0.2, 0.25) is 0 Å². The van der Waals surface area contributed by atoms with Gasteiger partial charge < -0.3 is 24.4 Å². The summed E-state index contributed by atoms with van der Waals surface area (Å²) < 4.78 is 40.3. The molecule has 2 aromatic rings. The molecule has 0 spiro atoms. The van der Waals surface area contributed by atoms with Gasteiger partial charge in [-0.1, -0.05) is 0 Å². The van der Waals surface area contributed by atoms with Crippen molar-refractivity contribution in [2.24, 2.45) is 0 Å². The van der Waals surface area contributed by atoms with E-state index in [9.17, 15) is 13.6 Å². The van der Waals surface area contributed by atoms with Gasteiger partial charge in [-0.15, -0.1) is 0 Å². The number of halogens is 2. The van der Waals surface area contributed by atoms with Crippen LogP contribution in [0.3, 0.4) is 0 Å². The Balaban J connectivity index is 1.69. The molecule has 0 aromatic heterocycles. The van der Waals surface area contributed by atoms with E-state index >= 15 is 0 Å². The fourth-order valence-corrected chi connectivity index (χ4v) is 3.35. The van der Waals surface area contributed by atoms with Crippen molar-refractivity contribution in [1.82, 2.24) is 0 Å². The number of rotatable bonds is 6. The number of benzene rings is 2. The Morgan fingerprint density at radius 2 is 1.76 bits per heavy atom. The molecular formula is C21H24F2N2O4. The maximum absolute atomic E-state index is 12.6. The molecule has 29 heavy (non-hydrogen) atoms. The van der Waals surface area contributed by atoms with E-state index in [2.05, 4.69) is 15.0 Å². The first-order chi connectivity index (χ1) is 13.9. The van der Waals surface area contributed by atoms with Crippen LogP contribution in [0.1, 0.15) is 24.2 Å². The van der Waals surface area contributed by atoms with Gasteiger partial charge in [-0.25, -0.2) is 0 Å². The van der Waals surface area contributed by atoms with Gasteiger partial charge in [0.05, 0.1) is 19.3 Å². The van der Waals surface area contributed by atoms with Crippen LogP contribution in [0.4, 0.5) is 20.2 Å².